The highest BCUT2D eigenvalue weighted by Gasteiger charge is 2.18. The van der Waals surface area contributed by atoms with Gasteiger partial charge in [-0.3, -0.25) is 0 Å². The molecule has 21 heavy (non-hydrogen) atoms. The third-order valence-corrected chi connectivity index (χ3v) is 3.79. The van der Waals surface area contributed by atoms with E-state index in [1.807, 2.05) is 30.3 Å². The van der Waals surface area contributed by atoms with E-state index in [9.17, 15) is 0 Å². The molecule has 0 saturated heterocycles. The fourth-order valence-electron chi connectivity index (χ4n) is 2.22. The zero-order valence-electron chi connectivity index (χ0n) is 12.5. The van der Waals surface area contributed by atoms with Gasteiger partial charge in [-0.2, -0.15) is 0 Å². The SMILES string of the molecule is CCNC(c1ccc(OC)c(Br)c1)c1ccc(COC)o1. The molecule has 114 valence electrons. The highest BCUT2D eigenvalue weighted by Crippen LogP contribution is 2.31. The molecule has 4 nitrogen and oxygen atoms in total. The van der Waals surface area contributed by atoms with Gasteiger partial charge in [0, 0.05) is 7.11 Å². The van der Waals surface area contributed by atoms with Crippen LogP contribution < -0.4 is 10.1 Å². The normalized spacial score (nSPS) is 12.4. The molecule has 1 aromatic carbocycles. The molecule has 1 unspecified atom stereocenters. The van der Waals surface area contributed by atoms with Gasteiger partial charge in [0.25, 0.3) is 0 Å². The van der Waals surface area contributed by atoms with Gasteiger partial charge in [0.05, 0.1) is 17.6 Å². The maximum Gasteiger partial charge on any atom is 0.133 e. The number of benzene rings is 1. The summed E-state index contributed by atoms with van der Waals surface area (Å²) >= 11 is 3.53. The van der Waals surface area contributed by atoms with Crippen molar-refractivity contribution < 1.29 is 13.9 Å². The average molecular weight is 354 g/mol. The van der Waals surface area contributed by atoms with Crippen LogP contribution in [0.25, 0.3) is 0 Å². The van der Waals surface area contributed by atoms with Gasteiger partial charge in [-0.25, -0.2) is 0 Å². The lowest BCUT2D eigenvalue weighted by atomic mass is 10.0. The van der Waals surface area contributed by atoms with E-state index >= 15 is 0 Å². The molecule has 0 radical (unpaired) electrons. The first kappa shape index (κ1) is 16.1. The van der Waals surface area contributed by atoms with Crippen molar-refractivity contribution in [3.05, 3.63) is 51.9 Å². The Hall–Kier alpha value is -1.30. The van der Waals surface area contributed by atoms with Crippen molar-refractivity contribution in [1.29, 1.82) is 0 Å². The van der Waals surface area contributed by atoms with Crippen LogP contribution in [0.3, 0.4) is 0 Å². The highest BCUT2D eigenvalue weighted by molar-refractivity contribution is 9.10. The van der Waals surface area contributed by atoms with Crippen molar-refractivity contribution in [2.45, 2.75) is 19.6 Å². The lowest BCUT2D eigenvalue weighted by Crippen LogP contribution is -2.21. The van der Waals surface area contributed by atoms with Crippen molar-refractivity contribution in [2.75, 3.05) is 20.8 Å². The second-order valence-corrected chi connectivity index (χ2v) is 5.48. The molecule has 5 heteroatoms. The molecule has 1 aromatic heterocycles. The fraction of sp³-hybridized carbons (Fsp3) is 0.375. The summed E-state index contributed by atoms with van der Waals surface area (Å²) in [4.78, 5) is 0. The molecule has 0 aliphatic carbocycles. The Kier molecular flexibility index (Phi) is 5.85. The van der Waals surface area contributed by atoms with E-state index in [1.54, 1.807) is 14.2 Å². The minimum atomic E-state index is 0.00260. The van der Waals surface area contributed by atoms with E-state index in [0.717, 1.165) is 33.9 Å². The monoisotopic (exact) mass is 353 g/mol. The van der Waals surface area contributed by atoms with Gasteiger partial charge in [0.2, 0.25) is 0 Å². The molecular formula is C16H20BrNO3. The number of halogens is 1. The maximum atomic E-state index is 5.86. The summed E-state index contributed by atoms with van der Waals surface area (Å²) in [6.07, 6.45) is 0. The van der Waals surface area contributed by atoms with E-state index in [1.165, 1.54) is 0 Å². The van der Waals surface area contributed by atoms with Crippen molar-refractivity contribution in [2.24, 2.45) is 0 Å². The summed E-state index contributed by atoms with van der Waals surface area (Å²) in [5, 5.41) is 3.44. The Bertz CT molecular complexity index is 583. The first-order valence-electron chi connectivity index (χ1n) is 6.84. The molecule has 2 rings (SSSR count). The van der Waals surface area contributed by atoms with Crippen LogP contribution in [0, 0.1) is 0 Å². The van der Waals surface area contributed by atoms with E-state index in [0.29, 0.717) is 6.61 Å². The highest BCUT2D eigenvalue weighted by atomic mass is 79.9. The minimum absolute atomic E-state index is 0.00260. The lowest BCUT2D eigenvalue weighted by molar-refractivity contribution is 0.162. The number of rotatable bonds is 7. The standard InChI is InChI=1S/C16H20BrNO3/c1-4-18-16(15-8-6-12(21-15)10-19-2)11-5-7-14(20-3)13(17)9-11/h5-9,16,18H,4,10H2,1-3H3. The van der Waals surface area contributed by atoms with Crippen molar-refractivity contribution in [1.82, 2.24) is 5.32 Å². The van der Waals surface area contributed by atoms with E-state index in [-0.39, 0.29) is 6.04 Å². The van der Waals surface area contributed by atoms with Gasteiger partial charge >= 0.3 is 0 Å². The van der Waals surface area contributed by atoms with Crippen LogP contribution in [0.5, 0.6) is 5.75 Å². The molecule has 1 heterocycles. The zero-order chi connectivity index (χ0) is 15.2. The van der Waals surface area contributed by atoms with Crippen LogP contribution >= 0.6 is 15.9 Å². The maximum absolute atomic E-state index is 5.86. The zero-order valence-corrected chi connectivity index (χ0v) is 14.1. The summed E-state index contributed by atoms with van der Waals surface area (Å²) in [7, 11) is 3.32. The van der Waals surface area contributed by atoms with Crippen molar-refractivity contribution in [3.8, 4) is 5.75 Å². The van der Waals surface area contributed by atoms with Gasteiger partial charge in [0.15, 0.2) is 0 Å². The Morgan fingerprint density at radius 1 is 1.24 bits per heavy atom. The summed E-state index contributed by atoms with van der Waals surface area (Å²) in [5.74, 6) is 2.51. The molecule has 1 atom stereocenters. The summed E-state index contributed by atoms with van der Waals surface area (Å²) in [6, 6.07) is 9.97. The summed E-state index contributed by atoms with van der Waals surface area (Å²) < 4.78 is 17.2. The van der Waals surface area contributed by atoms with Crippen LogP contribution in [0.15, 0.2) is 39.2 Å². The molecule has 0 fully saturated rings. The van der Waals surface area contributed by atoms with E-state index in [2.05, 4.69) is 28.2 Å². The number of ether oxygens (including phenoxy) is 2. The van der Waals surface area contributed by atoms with E-state index in [4.69, 9.17) is 13.9 Å². The number of hydrogen-bond donors (Lipinski definition) is 1. The molecule has 0 aliphatic heterocycles. The number of furan rings is 1. The second kappa shape index (κ2) is 7.64. The van der Waals surface area contributed by atoms with Crippen LogP contribution in [0.4, 0.5) is 0 Å². The second-order valence-electron chi connectivity index (χ2n) is 4.62. The predicted octanol–water partition coefficient (Wildman–Crippen LogP) is 3.90. The van der Waals surface area contributed by atoms with Crippen LogP contribution in [-0.2, 0) is 11.3 Å². The molecule has 0 spiro atoms. The molecule has 1 N–H and O–H groups in total. The largest absolute Gasteiger partial charge is 0.496 e. The molecular weight excluding hydrogens is 334 g/mol. The van der Waals surface area contributed by atoms with Gasteiger partial charge in [-0.1, -0.05) is 13.0 Å². The van der Waals surface area contributed by atoms with Crippen molar-refractivity contribution in [3.63, 3.8) is 0 Å². The Labute approximate surface area is 133 Å². The first-order valence-corrected chi connectivity index (χ1v) is 7.63. The summed E-state index contributed by atoms with van der Waals surface area (Å²) in [5.41, 5.74) is 1.11. The average Bonchev–Trinajstić information content (AvgIpc) is 2.93. The number of methoxy groups -OCH3 is 2. The quantitative estimate of drug-likeness (QED) is 0.819. The van der Waals surface area contributed by atoms with E-state index < -0.39 is 0 Å². The predicted molar refractivity (Wildman–Crippen MR) is 85.6 cm³/mol. The Morgan fingerprint density at radius 2 is 2.05 bits per heavy atom. The molecule has 0 saturated carbocycles. The van der Waals surface area contributed by atoms with Gasteiger partial charge in [0.1, 0.15) is 23.9 Å². The Morgan fingerprint density at radius 3 is 2.67 bits per heavy atom. The van der Waals surface area contributed by atoms with Gasteiger partial charge < -0.3 is 19.2 Å². The van der Waals surface area contributed by atoms with Gasteiger partial charge in [-0.15, -0.1) is 0 Å². The smallest absolute Gasteiger partial charge is 0.133 e. The van der Waals surface area contributed by atoms with Crippen LogP contribution in [0.1, 0.15) is 30.0 Å². The fourth-order valence-corrected chi connectivity index (χ4v) is 2.78. The topological polar surface area (TPSA) is 43.6 Å². The minimum Gasteiger partial charge on any atom is -0.496 e. The number of nitrogens with one attached hydrogen (secondary N) is 1. The number of hydrogen-bond acceptors (Lipinski definition) is 4. The van der Waals surface area contributed by atoms with Crippen LogP contribution in [-0.4, -0.2) is 20.8 Å². The molecule has 0 aliphatic rings. The van der Waals surface area contributed by atoms with Gasteiger partial charge in [-0.05, 0) is 52.3 Å². The molecule has 2 aromatic rings. The third kappa shape index (κ3) is 3.87. The van der Waals surface area contributed by atoms with Crippen LogP contribution in [0.2, 0.25) is 0 Å². The third-order valence-electron chi connectivity index (χ3n) is 3.17. The van der Waals surface area contributed by atoms with Crippen molar-refractivity contribution >= 4 is 15.9 Å². The lowest BCUT2D eigenvalue weighted by Gasteiger charge is -2.17. The summed E-state index contributed by atoms with van der Waals surface area (Å²) in [6.45, 7) is 3.39. The Balaban J connectivity index is 2.30. The first-order chi connectivity index (χ1) is 10.2. The molecule has 0 bridgehead atoms. The molecule has 0 amide bonds.